The predicted octanol–water partition coefficient (Wildman–Crippen LogP) is 2.63. The van der Waals surface area contributed by atoms with Gasteiger partial charge in [-0.1, -0.05) is 6.92 Å². The molecular weight excluding hydrogens is 216 g/mol. The highest BCUT2D eigenvalue weighted by Crippen LogP contribution is 2.09. The first-order chi connectivity index (χ1) is 7.76. The molecule has 0 aromatic heterocycles. The fraction of sp³-hybridized carbons (Fsp3) is 0.923. The van der Waals surface area contributed by atoms with E-state index in [0.717, 1.165) is 25.9 Å². The molecule has 0 bridgehead atoms. The maximum absolute atomic E-state index is 11.6. The van der Waals surface area contributed by atoms with Crippen LogP contribution < -0.4 is 5.32 Å². The first-order valence-electron chi connectivity index (χ1n) is 6.43. The summed E-state index contributed by atoms with van der Waals surface area (Å²) in [6.45, 7) is 11.6. The molecular formula is C13H28N2O2. The summed E-state index contributed by atoms with van der Waals surface area (Å²) in [4.78, 5) is 13.3. The lowest BCUT2D eigenvalue weighted by Gasteiger charge is -2.24. The lowest BCUT2D eigenvalue weighted by molar-refractivity contribution is 0.0297. The second-order valence-electron chi connectivity index (χ2n) is 5.52. The van der Waals surface area contributed by atoms with E-state index in [1.165, 1.54) is 0 Å². The van der Waals surface area contributed by atoms with Crippen LogP contribution in [0.2, 0.25) is 0 Å². The third-order valence-corrected chi connectivity index (χ3v) is 2.48. The van der Waals surface area contributed by atoms with Crippen molar-refractivity contribution in [2.45, 2.75) is 59.1 Å². The van der Waals surface area contributed by atoms with E-state index < -0.39 is 5.60 Å². The summed E-state index contributed by atoms with van der Waals surface area (Å²) < 4.78 is 5.27. The first-order valence-corrected chi connectivity index (χ1v) is 6.43. The van der Waals surface area contributed by atoms with Crippen LogP contribution in [0.1, 0.15) is 47.5 Å². The molecule has 0 aromatic rings. The minimum Gasteiger partial charge on any atom is -0.444 e. The molecule has 0 heterocycles. The Kier molecular flexibility index (Phi) is 7.19. The SMILES string of the molecule is CCC(C)NCCCN(C)C(=O)OC(C)(C)C. The van der Waals surface area contributed by atoms with Crippen LogP contribution >= 0.6 is 0 Å². The van der Waals surface area contributed by atoms with Gasteiger partial charge in [0.15, 0.2) is 0 Å². The van der Waals surface area contributed by atoms with Gasteiger partial charge in [-0.3, -0.25) is 0 Å². The Morgan fingerprint density at radius 2 is 2.00 bits per heavy atom. The largest absolute Gasteiger partial charge is 0.444 e. The molecule has 1 N–H and O–H groups in total. The normalized spacial score (nSPS) is 13.3. The molecule has 0 saturated heterocycles. The smallest absolute Gasteiger partial charge is 0.410 e. The van der Waals surface area contributed by atoms with E-state index in [4.69, 9.17) is 4.74 Å². The molecule has 0 fully saturated rings. The highest BCUT2D eigenvalue weighted by molar-refractivity contribution is 5.67. The third kappa shape index (κ3) is 8.98. The summed E-state index contributed by atoms with van der Waals surface area (Å²) in [5, 5.41) is 3.40. The van der Waals surface area contributed by atoms with E-state index in [9.17, 15) is 4.79 Å². The number of ether oxygens (including phenoxy) is 1. The minimum atomic E-state index is -0.416. The zero-order valence-corrected chi connectivity index (χ0v) is 12.2. The standard InChI is InChI=1S/C13H28N2O2/c1-7-11(2)14-9-8-10-15(6)12(16)17-13(3,4)5/h11,14H,7-10H2,1-6H3. The molecule has 0 aliphatic rings. The van der Waals surface area contributed by atoms with E-state index in [0.29, 0.717) is 6.04 Å². The summed E-state index contributed by atoms with van der Waals surface area (Å²) in [6, 6.07) is 0.543. The van der Waals surface area contributed by atoms with Gasteiger partial charge >= 0.3 is 6.09 Å². The minimum absolute atomic E-state index is 0.249. The number of amides is 1. The fourth-order valence-electron chi connectivity index (χ4n) is 1.24. The number of rotatable bonds is 6. The highest BCUT2D eigenvalue weighted by Gasteiger charge is 2.18. The van der Waals surface area contributed by atoms with Crippen molar-refractivity contribution in [2.75, 3.05) is 20.1 Å². The van der Waals surface area contributed by atoms with Crippen molar-refractivity contribution in [3.05, 3.63) is 0 Å². The molecule has 102 valence electrons. The molecule has 4 nitrogen and oxygen atoms in total. The molecule has 0 aliphatic heterocycles. The van der Waals surface area contributed by atoms with Crippen molar-refractivity contribution in [3.8, 4) is 0 Å². The van der Waals surface area contributed by atoms with Gasteiger partial charge in [0.25, 0.3) is 0 Å². The summed E-state index contributed by atoms with van der Waals surface area (Å²) >= 11 is 0. The Hall–Kier alpha value is -0.770. The average Bonchev–Trinajstić information content (AvgIpc) is 2.21. The molecule has 4 heteroatoms. The van der Waals surface area contributed by atoms with E-state index in [2.05, 4.69) is 19.2 Å². The molecule has 17 heavy (non-hydrogen) atoms. The second-order valence-corrected chi connectivity index (χ2v) is 5.52. The van der Waals surface area contributed by atoms with E-state index in [-0.39, 0.29) is 6.09 Å². The lowest BCUT2D eigenvalue weighted by atomic mass is 10.2. The number of nitrogens with one attached hydrogen (secondary N) is 1. The van der Waals surface area contributed by atoms with Gasteiger partial charge in [-0.2, -0.15) is 0 Å². The molecule has 1 atom stereocenters. The maximum Gasteiger partial charge on any atom is 0.410 e. The van der Waals surface area contributed by atoms with Gasteiger partial charge in [0.05, 0.1) is 0 Å². The van der Waals surface area contributed by atoms with Crippen molar-refractivity contribution in [2.24, 2.45) is 0 Å². The Balaban J connectivity index is 3.72. The number of nitrogens with zero attached hydrogens (tertiary/aromatic N) is 1. The maximum atomic E-state index is 11.6. The van der Waals surface area contributed by atoms with Gasteiger partial charge in [-0.05, 0) is 47.1 Å². The van der Waals surface area contributed by atoms with Gasteiger partial charge in [0, 0.05) is 19.6 Å². The van der Waals surface area contributed by atoms with Crippen molar-refractivity contribution in [3.63, 3.8) is 0 Å². The van der Waals surface area contributed by atoms with Crippen LogP contribution in [0.25, 0.3) is 0 Å². The number of carbonyl (C=O) groups excluding carboxylic acids is 1. The Bertz CT molecular complexity index is 224. The fourth-order valence-corrected chi connectivity index (χ4v) is 1.24. The predicted molar refractivity (Wildman–Crippen MR) is 71.2 cm³/mol. The molecule has 0 spiro atoms. The molecule has 1 unspecified atom stereocenters. The van der Waals surface area contributed by atoms with Gasteiger partial charge in [-0.25, -0.2) is 4.79 Å². The van der Waals surface area contributed by atoms with Crippen molar-refractivity contribution >= 4 is 6.09 Å². The summed E-state index contributed by atoms with van der Waals surface area (Å²) in [5.74, 6) is 0. The Morgan fingerprint density at radius 3 is 2.47 bits per heavy atom. The van der Waals surface area contributed by atoms with E-state index in [1.807, 2.05) is 20.8 Å². The molecule has 0 saturated carbocycles. The van der Waals surface area contributed by atoms with Crippen molar-refractivity contribution in [1.82, 2.24) is 10.2 Å². The van der Waals surface area contributed by atoms with Crippen molar-refractivity contribution in [1.29, 1.82) is 0 Å². The second kappa shape index (κ2) is 7.54. The van der Waals surface area contributed by atoms with Gasteiger partial charge in [0.2, 0.25) is 0 Å². The van der Waals surface area contributed by atoms with E-state index in [1.54, 1.807) is 11.9 Å². The van der Waals surface area contributed by atoms with Crippen LogP contribution in [0.3, 0.4) is 0 Å². The summed E-state index contributed by atoms with van der Waals surface area (Å²) in [7, 11) is 1.78. The summed E-state index contributed by atoms with van der Waals surface area (Å²) in [5.41, 5.74) is -0.416. The summed E-state index contributed by atoms with van der Waals surface area (Å²) in [6.07, 6.45) is 1.82. The van der Waals surface area contributed by atoms with Crippen LogP contribution in [0.4, 0.5) is 4.79 Å². The zero-order chi connectivity index (χ0) is 13.5. The molecule has 1 amide bonds. The monoisotopic (exact) mass is 244 g/mol. The molecule has 0 radical (unpaired) electrons. The topological polar surface area (TPSA) is 41.6 Å². The molecule has 0 aromatic carbocycles. The average molecular weight is 244 g/mol. The van der Waals surface area contributed by atoms with Gasteiger partial charge in [-0.15, -0.1) is 0 Å². The molecule has 0 aliphatic carbocycles. The van der Waals surface area contributed by atoms with Crippen LogP contribution in [0, 0.1) is 0 Å². The third-order valence-electron chi connectivity index (χ3n) is 2.48. The molecule has 0 rings (SSSR count). The first kappa shape index (κ1) is 16.2. The number of hydrogen-bond donors (Lipinski definition) is 1. The van der Waals surface area contributed by atoms with Crippen LogP contribution in [-0.4, -0.2) is 42.8 Å². The quantitative estimate of drug-likeness (QED) is 0.730. The van der Waals surface area contributed by atoms with E-state index >= 15 is 0 Å². The van der Waals surface area contributed by atoms with Crippen LogP contribution in [0.15, 0.2) is 0 Å². The van der Waals surface area contributed by atoms with Crippen molar-refractivity contribution < 1.29 is 9.53 Å². The van der Waals surface area contributed by atoms with Gasteiger partial charge < -0.3 is 15.0 Å². The Labute approximate surface area is 106 Å². The lowest BCUT2D eigenvalue weighted by Crippen LogP contribution is -2.36. The zero-order valence-electron chi connectivity index (χ0n) is 12.2. The van der Waals surface area contributed by atoms with Crippen LogP contribution in [0.5, 0.6) is 0 Å². The number of carbonyl (C=O) groups is 1. The number of hydrogen-bond acceptors (Lipinski definition) is 3. The van der Waals surface area contributed by atoms with Crippen LogP contribution in [-0.2, 0) is 4.74 Å². The Morgan fingerprint density at radius 1 is 1.41 bits per heavy atom. The highest BCUT2D eigenvalue weighted by atomic mass is 16.6. The van der Waals surface area contributed by atoms with Gasteiger partial charge in [0.1, 0.15) is 5.60 Å².